The SMILES string of the molecule is CCC(N)(CC)C(=O)NCC1(C)CCCO1. The van der Waals surface area contributed by atoms with Crippen LogP contribution in [0.5, 0.6) is 0 Å². The van der Waals surface area contributed by atoms with Crippen LogP contribution in [0.3, 0.4) is 0 Å². The summed E-state index contributed by atoms with van der Waals surface area (Å²) in [4.78, 5) is 11.9. The fraction of sp³-hybridized carbons (Fsp3) is 0.917. The molecule has 0 saturated carbocycles. The standard InChI is InChI=1S/C12H24N2O2/c1-4-12(13,5-2)10(15)14-9-11(3)7-6-8-16-11/h4-9,13H2,1-3H3,(H,14,15). The lowest BCUT2D eigenvalue weighted by Crippen LogP contribution is -2.55. The highest BCUT2D eigenvalue weighted by atomic mass is 16.5. The summed E-state index contributed by atoms with van der Waals surface area (Å²) in [6.07, 6.45) is 3.39. The van der Waals surface area contributed by atoms with Crippen LogP contribution in [0, 0.1) is 0 Å². The molecule has 4 heteroatoms. The Bertz CT molecular complexity index is 243. The number of nitrogens with one attached hydrogen (secondary N) is 1. The molecule has 0 aromatic carbocycles. The third-order valence-corrected chi connectivity index (χ3v) is 3.64. The molecule has 16 heavy (non-hydrogen) atoms. The number of amides is 1. The zero-order valence-electron chi connectivity index (χ0n) is 10.6. The quantitative estimate of drug-likeness (QED) is 0.743. The van der Waals surface area contributed by atoms with Crippen LogP contribution in [0.1, 0.15) is 46.5 Å². The number of carbonyl (C=O) groups excluding carboxylic acids is 1. The van der Waals surface area contributed by atoms with Gasteiger partial charge in [0.1, 0.15) is 0 Å². The molecule has 0 spiro atoms. The zero-order chi connectivity index (χ0) is 12.2. The summed E-state index contributed by atoms with van der Waals surface area (Å²) in [7, 11) is 0. The molecule has 0 aliphatic carbocycles. The van der Waals surface area contributed by atoms with Gasteiger partial charge in [0.05, 0.1) is 11.1 Å². The van der Waals surface area contributed by atoms with E-state index in [1.54, 1.807) is 0 Å². The van der Waals surface area contributed by atoms with Crippen LogP contribution < -0.4 is 11.1 Å². The van der Waals surface area contributed by atoms with Crippen molar-refractivity contribution in [3.8, 4) is 0 Å². The second kappa shape index (κ2) is 5.15. The van der Waals surface area contributed by atoms with Crippen molar-refractivity contribution in [2.75, 3.05) is 13.2 Å². The van der Waals surface area contributed by atoms with Gasteiger partial charge < -0.3 is 15.8 Å². The second-order valence-corrected chi connectivity index (χ2v) is 4.95. The Morgan fingerprint density at radius 1 is 1.50 bits per heavy atom. The maximum Gasteiger partial charge on any atom is 0.240 e. The van der Waals surface area contributed by atoms with Crippen LogP contribution in [0.25, 0.3) is 0 Å². The molecule has 1 heterocycles. The van der Waals surface area contributed by atoms with Crippen LogP contribution in [0.2, 0.25) is 0 Å². The van der Waals surface area contributed by atoms with Crippen molar-refractivity contribution in [1.29, 1.82) is 0 Å². The summed E-state index contributed by atoms with van der Waals surface area (Å²) in [5.74, 6) is -0.0609. The van der Waals surface area contributed by atoms with E-state index >= 15 is 0 Å². The molecule has 94 valence electrons. The molecule has 1 amide bonds. The first kappa shape index (κ1) is 13.5. The number of ether oxygens (including phenoxy) is 1. The zero-order valence-corrected chi connectivity index (χ0v) is 10.6. The molecule has 3 N–H and O–H groups in total. The molecule has 1 atom stereocenters. The Morgan fingerprint density at radius 2 is 2.12 bits per heavy atom. The van der Waals surface area contributed by atoms with Gasteiger partial charge in [-0.05, 0) is 32.6 Å². The van der Waals surface area contributed by atoms with E-state index in [0.29, 0.717) is 19.4 Å². The number of hydrogen-bond donors (Lipinski definition) is 2. The first-order valence-electron chi connectivity index (χ1n) is 6.17. The van der Waals surface area contributed by atoms with Gasteiger partial charge in [0, 0.05) is 13.2 Å². The predicted molar refractivity (Wildman–Crippen MR) is 64.1 cm³/mol. The summed E-state index contributed by atoms with van der Waals surface area (Å²) in [6.45, 7) is 7.27. The van der Waals surface area contributed by atoms with Gasteiger partial charge in [-0.15, -0.1) is 0 Å². The van der Waals surface area contributed by atoms with Gasteiger partial charge >= 0.3 is 0 Å². The Balaban J connectivity index is 2.45. The molecule has 1 aliphatic heterocycles. The molecule has 0 aromatic heterocycles. The molecule has 0 bridgehead atoms. The third-order valence-electron chi connectivity index (χ3n) is 3.64. The number of hydrogen-bond acceptors (Lipinski definition) is 3. The van der Waals surface area contributed by atoms with Crippen LogP contribution in [0.15, 0.2) is 0 Å². The lowest BCUT2D eigenvalue weighted by atomic mass is 9.92. The van der Waals surface area contributed by atoms with Gasteiger partial charge in [0.15, 0.2) is 0 Å². The summed E-state index contributed by atoms with van der Waals surface area (Å²) in [5.41, 5.74) is 5.09. The molecule has 1 aliphatic rings. The predicted octanol–water partition coefficient (Wildman–Crippen LogP) is 1.19. The van der Waals surface area contributed by atoms with Gasteiger partial charge in [-0.2, -0.15) is 0 Å². The largest absolute Gasteiger partial charge is 0.373 e. The normalized spacial score (nSPS) is 25.8. The number of rotatable bonds is 5. The van der Waals surface area contributed by atoms with E-state index in [4.69, 9.17) is 10.5 Å². The Morgan fingerprint density at radius 3 is 2.56 bits per heavy atom. The molecule has 1 saturated heterocycles. The van der Waals surface area contributed by atoms with Crippen molar-refractivity contribution in [2.24, 2.45) is 5.73 Å². The van der Waals surface area contributed by atoms with E-state index in [1.807, 2.05) is 20.8 Å². The van der Waals surface area contributed by atoms with E-state index in [-0.39, 0.29) is 11.5 Å². The van der Waals surface area contributed by atoms with Crippen LogP contribution in [-0.4, -0.2) is 30.2 Å². The maximum atomic E-state index is 11.9. The molecule has 4 nitrogen and oxygen atoms in total. The van der Waals surface area contributed by atoms with Crippen molar-refractivity contribution >= 4 is 5.91 Å². The first-order chi connectivity index (χ1) is 7.46. The highest BCUT2D eigenvalue weighted by molar-refractivity contribution is 5.85. The third kappa shape index (κ3) is 2.95. The van der Waals surface area contributed by atoms with Crippen molar-refractivity contribution in [3.63, 3.8) is 0 Å². The van der Waals surface area contributed by atoms with Crippen molar-refractivity contribution in [1.82, 2.24) is 5.32 Å². The summed E-state index contributed by atoms with van der Waals surface area (Å²) in [6, 6.07) is 0. The lowest BCUT2D eigenvalue weighted by Gasteiger charge is -2.29. The number of carbonyl (C=O) groups is 1. The number of nitrogens with two attached hydrogens (primary N) is 1. The van der Waals surface area contributed by atoms with Gasteiger partial charge in [0.25, 0.3) is 0 Å². The van der Waals surface area contributed by atoms with E-state index in [2.05, 4.69) is 5.32 Å². The Labute approximate surface area is 97.9 Å². The van der Waals surface area contributed by atoms with Crippen molar-refractivity contribution in [2.45, 2.75) is 57.6 Å². The Hall–Kier alpha value is -0.610. The van der Waals surface area contributed by atoms with Crippen LogP contribution in [-0.2, 0) is 9.53 Å². The molecule has 1 unspecified atom stereocenters. The first-order valence-corrected chi connectivity index (χ1v) is 6.17. The minimum atomic E-state index is -0.727. The highest BCUT2D eigenvalue weighted by Crippen LogP contribution is 2.24. The highest BCUT2D eigenvalue weighted by Gasteiger charge is 2.34. The van der Waals surface area contributed by atoms with Gasteiger partial charge in [-0.3, -0.25) is 4.79 Å². The average Bonchev–Trinajstić information content (AvgIpc) is 2.72. The Kier molecular flexibility index (Phi) is 4.33. The summed E-state index contributed by atoms with van der Waals surface area (Å²) >= 11 is 0. The van der Waals surface area contributed by atoms with E-state index in [0.717, 1.165) is 19.4 Å². The van der Waals surface area contributed by atoms with Crippen molar-refractivity contribution in [3.05, 3.63) is 0 Å². The lowest BCUT2D eigenvalue weighted by molar-refractivity contribution is -0.127. The molecule has 1 fully saturated rings. The van der Waals surface area contributed by atoms with Gasteiger partial charge in [-0.1, -0.05) is 13.8 Å². The van der Waals surface area contributed by atoms with Crippen molar-refractivity contribution < 1.29 is 9.53 Å². The van der Waals surface area contributed by atoms with E-state index in [1.165, 1.54) is 0 Å². The van der Waals surface area contributed by atoms with E-state index < -0.39 is 5.54 Å². The summed E-state index contributed by atoms with van der Waals surface area (Å²) < 4.78 is 5.62. The summed E-state index contributed by atoms with van der Waals surface area (Å²) in [5, 5.41) is 2.92. The molecule has 0 radical (unpaired) electrons. The fourth-order valence-electron chi connectivity index (χ4n) is 1.99. The van der Waals surface area contributed by atoms with Crippen LogP contribution >= 0.6 is 0 Å². The minimum Gasteiger partial charge on any atom is -0.373 e. The molecular weight excluding hydrogens is 204 g/mol. The monoisotopic (exact) mass is 228 g/mol. The molecule has 1 rings (SSSR count). The molecule has 0 aromatic rings. The van der Waals surface area contributed by atoms with Crippen LogP contribution in [0.4, 0.5) is 0 Å². The van der Waals surface area contributed by atoms with Gasteiger partial charge in [0.2, 0.25) is 5.91 Å². The van der Waals surface area contributed by atoms with E-state index in [9.17, 15) is 4.79 Å². The average molecular weight is 228 g/mol. The molecular formula is C12H24N2O2. The maximum absolute atomic E-state index is 11.9. The second-order valence-electron chi connectivity index (χ2n) is 4.95. The topological polar surface area (TPSA) is 64.4 Å². The van der Waals surface area contributed by atoms with Gasteiger partial charge in [-0.25, -0.2) is 0 Å². The smallest absolute Gasteiger partial charge is 0.240 e. The minimum absolute atomic E-state index is 0.0609. The fourth-order valence-corrected chi connectivity index (χ4v) is 1.99.